The average molecular weight is 437 g/mol. The van der Waals surface area contributed by atoms with Gasteiger partial charge in [0.25, 0.3) is 6.47 Å². The number of esters is 1. The highest BCUT2D eigenvalue weighted by atomic mass is 16.5. The fourth-order valence-corrected chi connectivity index (χ4v) is 1.68. The second kappa shape index (κ2) is 35.2. The molecule has 0 aromatic carbocycles. The van der Waals surface area contributed by atoms with E-state index in [9.17, 15) is 9.59 Å². The van der Waals surface area contributed by atoms with Gasteiger partial charge in [-0.15, -0.1) is 0 Å². The Labute approximate surface area is 187 Å². The number of ether oxygens (including phenoxy) is 2. The monoisotopic (exact) mass is 436 g/mol. The second-order valence-electron chi connectivity index (χ2n) is 6.20. The van der Waals surface area contributed by atoms with Crippen LogP contribution in [0.25, 0.3) is 0 Å². The number of likely N-dealkylation sites (N-methyl/N-ethyl adjacent to an activating group) is 2. The first-order valence-electron chi connectivity index (χ1n) is 11.4. The fraction of sp³-hybridized carbons (Fsp3) is 0.909. The number of hydrogen-bond donors (Lipinski definition) is 2. The molecule has 2 N–H and O–H groups in total. The topological polar surface area (TPSA) is 83.1 Å². The number of nitrogens with zero attached hydrogens (tertiary/aromatic N) is 2. The Morgan fingerprint density at radius 1 is 1.03 bits per heavy atom. The molecule has 8 nitrogen and oxygen atoms in total. The highest BCUT2D eigenvalue weighted by Gasteiger charge is 2.00. The highest BCUT2D eigenvalue weighted by molar-refractivity contribution is 5.69. The van der Waals surface area contributed by atoms with Gasteiger partial charge in [0.05, 0.1) is 6.42 Å². The van der Waals surface area contributed by atoms with Gasteiger partial charge in [0.1, 0.15) is 13.2 Å². The van der Waals surface area contributed by atoms with Gasteiger partial charge in [-0.3, -0.25) is 9.59 Å². The molecule has 0 amide bonds. The Balaban J connectivity index is -0.000000164. The summed E-state index contributed by atoms with van der Waals surface area (Å²) in [7, 11) is 7.68. The quantitative estimate of drug-likeness (QED) is 0.290. The number of nitrogens with one attached hydrogen (secondary N) is 2. The maximum Gasteiger partial charge on any atom is 0.307 e. The Kier molecular flexibility index (Phi) is 42.5. The van der Waals surface area contributed by atoms with Gasteiger partial charge in [-0.2, -0.15) is 0 Å². The summed E-state index contributed by atoms with van der Waals surface area (Å²) in [5.41, 5.74) is 0. The van der Waals surface area contributed by atoms with E-state index >= 15 is 0 Å². The molecule has 0 aromatic heterocycles. The first kappa shape index (κ1) is 36.2. The van der Waals surface area contributed by atoms with Crippen LogP contribution in [0.5, 0.6) is 0 Å². The maximum atomic E-state index is 10.9. The molecule has 0 radical (unpaired) electrons. The molecule has 0 bridgehead atoms. The Bertz CT molecular complexity index is 308. The summed E-state index contributed by atoms with van der Waals surface area (Å²) in [4.78, 5) is 24.6. The van der Waals surface area contributed by atoms with Gasteiger partial charge in [-0.05, 0) is 60.7 Å². The van der Waals surface area contributed by atoms with Crippen LogP contribution in [0, 0.1) is 0 Å². The molecule has 0 spiro atoms. The molecule has 30 heavy (non-hydrogen) atoms. The van der Waals surface area contributed by atoms with Gasteiger partial charge < -0.3 is 29.9 Å². The van der Waals surface area contributed by atoms with Crippen LogP contribution in [0.15, 0.2) is 0 Å². The van der Waals surface area contributed by atoms with Gasteiger partial charge in [0.15, 0.2) is 0 Å². The summed E-state index contributed by atoms with van der Waals surface area (Å²) in [6.07, 6.45) is 3.23. The van der Waals surface area contributed by atoms with Crippen molar-refractivity contribution in [2.24, 2.45) is 0 Å². The molecule has 1 saturated heterocycles. The Hall–Kier alpha value is -1.22. The third-order valence-electron chi connectivity index (χ3n) is 3.54. The van der Waals surface area contributed by atoms with Gasteiger partial charge in [-0.1, -0.05) is 34.6 Å². The van der Waals surface area contributed by atoms with E-state index in [1.807, 2.05) is 60.8 Å². The van der Waals surface area contributed by atoms with Crippen molar-refractivity contribution in [1.82, 2.24) is 20.4 Å². The first-order valence-corrected chi connectivity index (χ1v) is 11.4. The molecular weight excluding hydrogens is 384 g/mol. The third-order valence-corrected chi connectivity index (χ3v) is 3.54. The molecule has 0 saturated carbocycles. The first-order chi connectivity index (χ1) is 14.5. The molecule has 1 aliphatic rings. The van der Waals surface area contributed by atoms with Crippen LogP contribution in [0.2, 0.25) is 0 Å². The number of carbonyl (C=O) groups is 2. The predicted molar refractivity (Wildman–Crippen MR) is 128 cm³/mol. The van der Waals surface area contributed by atoms with Crippen molar-refractivity contribution >= 4 is 12.4 Å². The zero-order valence-corrected chi connectivity index (χ0v) is 21.4. The minimum atomic E-state index is -0.133. The van der Waals surface area contributed by atoms with Crippen LogP contribution in [-0.4, -0.2) is 103 Å². The smallest absolute Gasteiger partial charge is 0.307 e. The third kappa shape index (κ3) is 41.2. The van der Waals surface area contributed by atoms with E-state index in [1.165, 1.54) is 25.9 Å². The van der Waals surface area contributed by atoms with E-state index in [0.29, 0.717) is 32.7 Å². The summed E-state index contributed by atoms with van der Waals surface area (Å²) in [5, 5.41) is 6.11. The van der Waals surface area contributed by atoms with Crippen LogP contribution < -0.4 is 10.6 Å². The van der Waals surface area contributed by atoms with E-state index in [0.717, 1.165) is 19.6 Å². The SMILES string of the molecule is C1CCNC1.CC.CC.CCN(C)CCOC=O.CNCCC(=O)OCCN(C)C. The van der Waals surface area contributed by atoms with Crippen LogP contribution in [0.3, 0.4) is 0 Å². The number of carbonyl (C=O) groups excluding carboxylic acids is 2. The summed E-state index contributed by atoms with van der Waals surface area (Å²) in [5.74, 6) is -0.133. The average Bonchev–Trinajstić information content (AvgIpc) is 3.35. The summed E-state index contributed by atoms with van der Waals surface area (Å²) < 4.78 is 9.42. The van der Waals surface area contributed by atoms with Crippen molar-refractivity contribution in [3.8, 4) is 0 Å². The Morgan fingerprint density at radius 2 is 1.60 bits per heavy atom. The lowest BCUT2D eigenvalue weighted by atomic mass is 10.4. The van der Waals surface area contributed by atoms with Crippen molar-refractivity contribution in [2.75, 3.05) is 80.7 Å². The molecular formula is C22H52N4O4. The molecule has 1 heterocycles. The number of hydrogen-bond acceptors (Lipinski definition) is 8. The Morgan fingerprint density at radius 3 is 1.97 bits per heavy atom. The summed E-state index contributed by atoms with van der Waals surface area (Å²) in [6, 6.07) is 0. The maximum absolute atomic E-state index is 10.9. The zero-order chi connectivity index (χ0) is 24.0. The van der Waals surface area contributed by atoms with Gasteiger partial charge in [-0.25, -0.2) is 0 Å². The molecule has 0 unspecified atom stereocenters. The largest absolute Gasteiger partial charge is 0.467 e. The molecule has 0 atom stereocenters. The lowest BCUT2D eigenvalue weighted by molar-refractivity contribution is -0.143. The minimum absolute atomic E-state index is 0.133. The lowest BCUT2D eigenvalue weighted by Gasteiger charge is -2.11. The zero-order valence-electron chi connectivity index (χ0n) is 21.4. The van der Waals surface area contributed by atoms with E-state index in [-0.39, 0.29) is 5.97 Å². The number of rotatable bonds is 11. The van der Waals surface area contributed by atoms with E-state index in [2.05, 4.69) is 27.2 Å². The van der Waals surface area contributed by atoms with Crippen LogP contribution in [0.1, 0.15) is 53.9 Å². The van der Waals surface area contributed by atoms with Crippen molar-refractivity contribution in [2.45, 2.75) is 53.9 Å². The van der Waals surface area contributed by atoms with E-state index in [1.54, 1.807) is 0 Å². The molecule has 1 aliphatic heterocycles. The summed E-state index contributed by atoms with van der Waals surface area (Å²) in [6.45, 7) is 17.3. The predicted octanol–water partition coefficient (Wildman–Crippen LogP) is 2.23. The molecule has 184 valence electrons. The fourth-order valence-electron chi connectivity index (χ4n) is 1.68. The van der Waals surface area contributed by atoms with E-state index < -0.39 is 0 Å². The van der Waals surface area contributed by atoms with Crippen LogP contribution in [0.4, 0.5) is 0 Å². The van der Waals surface area contributed by atoms with Crippen molar-refractivity contribution in [3.05, 3.63) is 0 Å². The standard InChI is InChI=1S/C8H18N2O2.C6H13NO2.C4H9N.2C2H6/c1-9-5-4-8(11)12-7-6-10(2)3;1-3-7(2)4-5-9-6-8;1-2-4-5-3-1;2*1-2/h9H,4-7H2,1-3H3;6H,3-5H2,1-2H3;5H,1-4H2;2*1-2H3. The normalized spacial score (nSPS) is 11.4. The molecule has 8 heteroatoms. The van der Waals surface area contributed by atoms with Crippen LogP contribution >= 0.6 is 0 Å². The van der Waals surface area contributed by atoms with Gasteiger partial charge in [0, 0.05) is 19.6 Å². The molecule has 0 aliphatic carbocycles. The highest BCUT2D eigenvalue weighted by Crippen LogP contribution is 1.90. The molecule has 1 fully saturated rings. The minimum Gasteiger partial charge on any atom is -0.467 e. The van der Waals surface area contributed by atoms with Crippen molar-refractivity contribution in [3.63, 3.8) is 0 Å². The molecule has 1 rings (SSSR count). The van der Waals surface area contributed by atoms with Crippen molar-refractivity contribution < 1.29 is 19.1 Å². The lowest BCUT2D eigenvalue weighted by Crippen LogP contribution is -2.22. The molecule has 0 aromatic rings. The van der Waals surface area contributed by atoms with E-state index in [4.69, 9.17) is 4.74 Å². The van der Waals surface area contributed by atoms with Gasteiger partial charge in [0.2, 0.25) is 0 Å². The van der Waals surface area contributed by atoms with Crippen molar-refractivity contribution in [1.29, 1.82) is 0 Å². The van der Waals surface area contributed by atoms with Crippen LogP contribution in [-0.2, 0) is 19.1 Å². The van der Waals surface area contributed by atoms with Gasteiger partial charge >= 0.3 is 5.97 Å². The summed E-state index contributed by atoms with van der Waals surface area (Å²) >= 11 is 0. The second-order valence-corrected chi connectivity index (χ2v) is 6.20.